The molecule has 7 N–H and O–H groups in total. The second-order valence-corrected chi connectivity index (χ2v) is 12.7. The summed E-state index contributed by atoms with van der Waals surface area (Å²) in [6.45, 7) is -0.169. The van der Waals surface area contributed by atoms with Crippen molar-refractivity contribution in [1.29, 1.82) is 0 Å². The average molecular weight is 813 g/mol. The molecule has 4 rings (SSSR count). The Morgan fingerprint density at radius 2 is 1.43 bits per heavy atom. The standard InChI is InChI=1S/C28H32N10O13S3/c1-46-27-34-23(29-9-14-52-50-48-41)32-24(35-27)31-20-8-6-18(22(16-20)54(43,44)45)4-3-17-5-7-19(15-21(17)53-51-49-42)30-25-33-26(37-28(36-25)47-2)38(10-12-39)11-13-40/h3-9,15-16,39-42H,10-14H2,1-2H3,(H,43,44,45)(H,30,33,36,37)(H,31,32,34,35)/b4-3?,29-9-. The molecular formula is C28H32N10O13S3. The van der Waals surface area contributed by atoms with Crippen molar-refractivity contribution in [3.8, 4) is 12.0 Å². The highest BCUT2D eigenvalue weighted by Gasteiger charge is 2.18. The van der Waals surface area contributed by atoms with E-state index in [1.807, 2.05) is 0 Å². The molecule has 0 atom stereocenters. The number of benzene rings is 2. The van der Waals surface area contributed by atoms with Crippen LogP contribution in [0.15, 0.2) is 51.2 Å². The zero-order valence-corrected chi connectivity index (χ0v) is 30.5. The molecule has 0 saturated carbocycles. The van der Waals surface area contributed by atoms with E-state index < -0.39 is 15.0 Å². The van der Waals surface area contributed by atoms with Gasteiger partial charge in [-0.25, -0.2) is 15.5 Å². The zero-order chi connectivity index (χ0) is 38.9. The van der Waals surface area contributed by atoms with Gasteiger partial charge in [0.25, 0.3) is 16.1 Å². The van der Waals surface area contributed by atoms with E-state index >= 15 is 0 Å². The number of aliphatic hydroxyl groups excluding tert-OH is 2. The summed E-state index contributed by atoms with van der Waals surface area (Å²) >= 11 is 1.35. The van der Waals surface area contributed by atoms with Gasteiger partial charge in [-0.15, -0.1) is 8.67 Å². The van der Waals surface area contributed by atoms with E-state index in [1.54, 1.807) is 18.2 Å². The largest absolute Gasteiger partial charge is 0.467 e. The Hall–Kier alpha value is -4.84. The van der Waals surface area contributed by atoms with E-state index in [-0.39, 0.29) is 79.1 Å². The number of aliphatic hydroxyl groups is 2. The lowest BCUT2D eigenvalue weighted by Gasteiger charge is -2.21. The summed E-state index contributed by atoms with van der Waals surface area (Å²) in [6.07, 6.45) is 4.29. The Bertz CT molecular complexity index is 2010. The number of nitrogens with one attached hydrogen (secondary N) is 2. The highest BCUT2D eigenvalue weighted by Crippen LogP contribution is 2.31. The van der Waals surface area contributed by atoms with Crippen LogP contribution < -0.4 is 25.0 Å². The van der Waals surface area contributed by atoms with Crippen LogP contribution in [0.25, 0.3) is 12.2 Å². The fraction of sp³-hybridized carbons (Fsp3) is 0.250. The fourth-order valence-corrected chi connectivity index (χ4v) is 5.68. The third-order valence-corrected chi connectivity index (χ3v) is 8.45. The highest BCUT2D eigenvalue weighted by atomic mass is 32.2. The van der Waals surface area contributed by atoms with Crippen molar-refractivity contribution in [2.75, 3.05) is 61.8 Å². The Morgan fingerprint density at radius 3 is 2.06 bits per heavy atom. The third kappa shape index (κ3) is 12.6. The van der Waals surface area contributed by atoms with Crippen molar-refractivity contribution in [3.05, 3.63) is 47.5 Å². The summed E-state index contributed by atoms with van der Waals surface area (Å²) < 4.78 is 54.3. The number of anilines is 5. The van der Waals surface area contributed by atoms with Crippen molar-refractivity contribution >= 4 is 87.7 Å². The molecule has 0 unspecified atom stereocenters. The van der Waals surface area contributed by atoms with Crippen LogP contribution in [0.3, 0.4) is 0 Å². The van der Waals surface area contributed by atoms with Gasteiger partial charge in [0.15, 0.2) is 0 Å². The van der Waals surface area contributed by atoms with Gasteiger partial charge in [-0.05, 0) is 35.4 Å². The first-order valence-corrected chi connectivity index (χ1v) is 18.0. The molecular weight excluding hydrogens is 781 g/mol. The minimum Gasteiger partial charge on any atom is -0.467 e. The maximum absolute atomic E-state index is 12.5. The van der Waals surface area contributed by atoms with Gasteiger partial charge in [0.05, 0.1) is 45.2 Å². The molecule has 2 heterocycles. The zero-order valence-electron chi connectivity index (χ0n) is 28.0. The highest BCUT2D eigenvalue weighted by molar-refractivity contribution is 7.95. The van der Waals surface area contributed by atoms with E-state index in [1.165, 1.54) is 49.6 Å². The molecule has 0 spiro atoms. The van der Waals surface area contributed by atoms with Gasteiger partial charge in [0, 0.05) is 47.6 Å². The van der Waals surface area contributed by atoms with Gasteiger partial charge in [-0.3, -0.25) is 4.55 Å². The van der Waals surface area contributed by atoms with Crippen molar-refractivity contribution in [3.63, 3.8) is 0 Å². The van der Waals surface area contributed by atoms with Crippen LogP contribution in [0, 0.1) is 0 Å². The van der Waals surface area contributed by atoms with Crippen LogP contribution in [0.1, 0.15) is 11.1 Å². The number of nitrogens with zero attached hydrogens (tertiary/aromatic N) is 8. The quantitative estimate of drug-likeness (QED) is 0.0114. The van der Waals surface area contributed by atoms with Crippen LogP contribution >= 0.6 is 24.1 Å². The van der Waals surface area contributed by atoms with Gasteiger partial charge >= 0.3 is 12.0 Å². The van der Waals surface area contributed by atoms with Gasteiger partial charge < -0.3 is 35.2 Å². The Kier molecular flexibility index (Phi) is 16.4. The van der Waals surface area contributed by atoms with Gasteiger partial charge in [-0.2, -0.15) is 38.3 Å². The van der Waals surface area contributed by atoms with Crippen molar-refractivity contribution in [2.24, 2.45) is 4.99 Å². The molecule has 2 aromatic carbocycles. The lowest BCUT2D eigenvalue weighted by Crippen LogP contribution is -2.31. The minimum absolute atomic E-state index is 0.0370. The Labute approximate surface area is 315 Å². The smallest absolute Gasteiger partial charge is 0.322 e. The van der Waals surface area contributed by atoms with Crippen LogP contribution in [0.5, 0.6) is 12.0 Å². The van der Waals surface area contributed by atoms with Gasteiger partial charge in [0.1, 0.15) is 4.90 Å². The Morgan fingerprint density at radius 1 is 0.815 bits per heavy atom. The summed E-state index contributed by atoms with van der Waals surface area (Å²) in [6, 6.07) is 8.75. The number of aromatic nitrogens is 6. The number of methoxy groups -OCH3 is 2. The second kappa shape index (κ2) is 21.2. The van der Waals surface area contributed by atoms with Crippen molar-refractivity contribution in [1.82, 2.24) is 29.9 Å². The van der Waals surface area contributed by atoms with E-state index in [0.717, 1.165) is 18.1 Å². The predicted molar refractivity (Wildman–Crippen MR) is 193 cm³/mol. The summed E-state index contributed by atoms with van der Waals surface area (Å²) in [7, 11) is -2.09. The lowest BCUT2D eigenvalue weighted by molar-refractivity contribution is -0.432. The summed E-state index contributed by atoms with van der Waals surface area (Å²) in [5.74, 6) is 0.205. The molecule has 4 aromatic rings. The monoisotopic (exact) mass is 812 g/mol. The van der Waals surface area contributed by atoms with E-state index in [4.69, 9.17) is 20.0 Å². The molecule has 290 valence electrons. The van der Waals surface area contributed by atoms with Gasteiger partial charge in [-0.1, -0.05) is 34.4 Å². The van der Waals surface area contributed by atoms with Crippen LogP contribution in [0.4, 0.5) is 35.2 Å². The molecule has 23 nitrogen and oxygen atoms in total. The normalized spacial score (nSPS) is 11.7. The average Bonchev–Trinajstić information content (AvgIpc) is 3.16. The van der Waals surface area contributed by atoms with E-state index in [9.17, 15) is 23.2 Å². The molecule has 54 heavy (non-hydrogen) atoms. The Balaban J connectivity index is 1.61. The van der Waals surface area contributed by atoms with Crippen molar-refractivity contribution < 1.29 is 61.9 Å². The maximum atomic E-state index is 12.5. The molecule has 0 aliphatic heterocycles. The lowest BCUT2D eigenvalue weighted by atomic mass is 10.1. The maximum Gasteiger partial charge on any atom is 0.322 e. The molecule has 0 aliphatic carbocycles. The SMILES string of the molecule is COc1nc(/N=C\CSOOO)nc(Nc2ccc(C=Cc3ccc(Nc4nc(OC)nc(N(CCO)CCO)n4)cc3SOOO)c(S(=O)(=O)O)c2)n1. The first-order valence-electron chi connectivity index (χ1n) is 14.9. The number of hydrogen-bond donors (Lipinski definition) is 7. The van der Waals surface area contributed by atoms with Crippen LogP contribution in [-0.4, -0.2) is 116 Å². The van der Waals surface area contributed by atoms with Crippen LogP contribution in [0.2, 0.25) is 0 Å². The number of hydrogen-bond acceptors (Lipinski definition) is 24. The first-order chi connectivity index (χ1) is 26.1. The molecule has 26 heteroatoms. The summed E-state index contributed by atoms with van der Waals surface area (Å²) in [5, 5.41) is 49.0. The molecule has 0 bridgehead atoms. The van der Waals surface area contributed by atoms with E-state index in [0.29, 0.717) is 28.2 Å². The van der Waals surface area contributed by atoms with Gasteiger partial charge in [0.2, 0.25) is 17.8 Å². The summed E-state index contributed by atoms with van der Waals surface area (Å²) in [4.78, 5) is 30.4. The molecule has 2 aromatic heterocycles. The van der Waals surface area contributed by atoms with Crippen molar-refractivity contribution in [2.45, 2.75) is 9.79 Å². The predicted octanol–water partition coefficient (Wildman–Crippen LogP) is 2.97. The van der Waals surface area contributed by atoms with E-state index in [2.05, 4.69) is 64.3 Å². The molecule has 0 amide bonds. The molecule has 0 radical (unpaired) electrons. The fourth-order valence-electron chi connectivity index (χ4n) is 4.22. The third-order valence-electron chi connectivity index (χ3n) is 6.44. The first kappa shape index (κ1) is 41.9. The second-order valence-electron chi connectivity index (χ2n) is 9.85. The number of aliphatic imine (C=N–C) groups is 1. The number of rotatable bonds is 22. The van der Waals surface area contributed by atoms with Crippen LogP contribution in [-0.2, 0) is 28.9 Å². The molecule has 0 saturated heterocycles. The molecule has 0 aliphatic rings. The summed E-state index contributed by atoms with van der Waals surface area (Å²) in [5.41, 5.74) is 1.14. The topological polar surface area (TPSA) is 308 Å². The molecule has 0 fully saturated rings. The number of ether oxygens (including phenoxy) is 2. The minimum atomic E-state index is -4.77.